The van der Waals surface area contributed by atoms with Crippen molar-refractivity contribution in [2.24, 2.45) is 0 Å². The van der Waals surface area contributed by atoms with E-state index in [1.54, 1.807) is 0 Å². The summed E-state index contributed by atoms with van der Waals surface area (Å²) in [5.41, 5.74) is 0. The predicted octanol–water partition coefficient (Wildman–Crippen LogP) is 0.978. The van der Waals surface area contributed by atoms with Gasteiger partial charge >= 0.3 is 0 Å². The van der Waals surface area contributed by atoms with E-state index in [4.69, 9.17) is 0 Å². The van der Waals surface area contributed by atoms with Gasteiger partial charge in [-0.1, -0.05) is 6.42 Å². The molecule has 1 aliphatic heterocycles. The van der Waals surface area contributed by atoms with Crippen LogP contribution in [0, 0.1) is 0 Å². The molecule has 0 aromatic heterocycles. The molecule has 0 N–H and O–H groups in total. The molecule has 1 saturated heterocycles. The van der Waals surface area contributed by atoms with Crippen LogP contribution in [0.25, 0.3) is 0 Å². The van der Waals surface area contributed by atoms with Gasteiger partial charge in [-0.25, -0.2) is 8.42 Å². The lowest BCUT2D eigenvalue weighted by Crippen LogP contribution is -2.64. The van der Waals surface area contributed by atoms with Crippen LogP contribution in [-0.2, 0) is 9.84 Å². The van der Waals surface area contributed by atoms with Crippen molar-refractivity contribution < 1.29 is 8.42 Å². The highest BCUT2D eigenvalue weighted by Gasteiger charge is 2.38. The Balaban J connectivity index is 1.86. The van der Waals surface area contributed by atoms with Crippen molar-refractivity contribution in [3.63, 3.8) is 0 Å². The van der Waals surface area contributed by atoms with Crippen LogP contribution in [0.2, 0.25) is 0 Å². The first-order chi connectivity index (χ1) is 8.37. The Morgan fingerprint density at radius 3 is 2.22 bits per heavy atom. The molecule has 0 aromatic carbocycles. The summed E-state index contributed by atoms with van der Waals surface area (Å²) in [7, 11) is -2.84. The van der Waals surface area contributed by atoms with E-state index in [1.165, 1.54) is 25.5 Å². The molecule has 1 saturated carbocycles. The molecule has 106 valence electrons. The maximum absolute atomic E-state index is 11.3. The molecular weight excluding hydrogens is 248 g/mol. The molecule has 4 nitrogen and oxygen atoms in total. The van der Waals surface area contributed by atoms with E-state index >= 15 is 0 Å². The molecule has 0 amide bonds. The minimum Gasteiger partial charge on any atom is -0.298 e. The predicted molar refractivity (Wildman–Crippen MR) is 74.6 cm³/mol. The monoisotopic (exact) mass is 274 g/mol. The molecule has 2 aliphatic rings. The summed E-state index contributed by atoms with van der Waals surface area (Å²) in [6.07, 6.45) is 5.15. The lowest BCUT2D eigenvalue weighted by atomic mass is 9.89. The SMILES string of the molecule is CC(C)N1CC(N(CCS(C)(=O)=O)C2CCC2)C1. The Morgan fingerprint density at radius 1 is 1.22 bits per heavy atom. The molecule has 0 bridgehead atoms. The van der Waals surface area contributed by atoms with Crippen LogP contribution in [0.4, 0.5) is 0 Å². The van der Waals surface area contributed by atoms with Crippen molar-refractivity contribution in [3.05, 3.63) is 0 Å². The summed E-state index contributed by atoms with van der Waals surface area (Å²) in [5.74, 6) is 0.307. The number of hydrogen-bond acceptors (Lipinski definition) is 4. The second-order valence-electron chi connectivity index (χ2n) is 6.15. The number of sulfone groups is 1. The lowest BCUT2D eigenvalue weighted by molar-refractivity contribution is -0.0229. The Kier molecular flexibility index (Phi) is 4.34. The normalized spacial score (nSPS) is 23.4. The van der Waals surface area contributed by atoms with Crippen LogP contribution in [0.5, 0.6) is 0 Å². The smallest absolute Gasteiger partial charge is 0.148 e. The van der Waals surface area contributed by atoms with E-state index in [2.05, 4.69) is 23.6 Å². The summed E-state index contributed by atoms with van der Waals surface area (Å²) in [6.45, 7) is 7.39. The van der Waals surface area contributed by atoms with E-state index in [-0.39, 0.29) is 0 Å². The van der Waals surface area contributed by atoms with E-state index in [9.17, 15) is 8.42 Å². The molecule has 0 spiro atoms. The Labute approximate surface area is 111 Å². The van der Waals surface area contributed by atoms with Gasteiger partial charge in [-0.05, 0) is 26.7 Å². The van der Waals surface area contributed by atoms with Crippen LogP contribution in [0.1, 0.15) is 33.1 Å². The Hall–Kier alpha value is -0.130. The van der Waals surface area contributed by atoms with Gasteiger partial charge in [0.2, 0.25) is 0 Å². The number of likely N-dealkylation sites (tertiary alicyclic amines) is 1. The summed E-state index contributed by atoms with van der Waals surface area (Å²) in [6, 6.07) is 1.84. The third kappa shape index (κ3) is 3.45. The molecule has 0 unspecified atom stereocenters. The molecule has 0 aromatic rings. The van der Waals surface area contributed by atoms with Crippen LogP contribution in [0.15, 0.2) is 0 Å². The van der Waals surface area contributed by atoms with Gasteiger partial charge < -0.3 is 0 Å². The molecule has 18 heavy (non-hydrogen) atoms. The van der Waals surface area contributed by atoms with Gasteiger partial charge in [-0.3, -0.25) is 9.80 Å². The maximum atomic E-state index is 11.3. The van der Waals surface area contributed by atoms with E-state index in [0.29, 0.717) is 23.9 Å². The van der Waals surface area contributed by atoms with Crippen molar-refractivity contribution in [1.29, 1.82) is 0 Å². The standard InChI is InChI=1S/C13H26N2O2S/c1-11(2)14-9-13(10-14)15(12-5-4-6-12)7-8-18(3,16)17/h11-13H,4-10H2,1-3H3. The fraction of sp³-hybridized carbons (Fsp3) is 1.00. The highest BCUT2D eigenvalue weighted by atomic mass is 32.2. The molecule has 0 atom stereocenters. The Bertz CT molecular complexity index is 370. The minimum absolute atomic E-state index is 0.307. The molecule has 0 radical (unpaired) electrons. The highest BCUT2D eigenvalue weighted by molar-refractivity contribution is 7.90. The highest BCUT2D eigenvalue weighted by Crippen LogP contribution is 2.29. The summed E-state index contributed by atoms with van der Waals surface area (Å²) >= 11 is 0. The number of hydrogen-bond donors (Lipinski definition) is 0. The third-order valence-corrected chi connectivity index (χ3v) is 5.28. The Morgan fingerprint density at radius 2 is 1.83 bits per heavy atom. The molecule has 1 heterocycles. The van der Waals surface area contributed by atoms with Gasteiger partial charge in [0.15, 0.2) is 0 Å². The zero-order valence-corrected chi connectivity index (χ0v) is 12.6. The van der Waals surface area contributed by atoms with Crippen LogP contribution >= 0.6 is 0 Å². The van der Waals surface area contributed by atoms with Crippen molar-refractivity contribution in [2.45, 2.75) is 51.2 Å². The molecule has 1 aliphatic carbocycles. The van der Waals surface area contributed by atoms with Gasteiger partial charge in [0.05, 0.1) is 5.75 Å². The van der Waals surface area contributed by atoms with Crippen molar-refractivity contribution in [3.8, 4) is 0 Å². The van der Waals surface area contributed by atoms with Crippen LogP contribution < -0.4 is 0 Å². The zero-order chi connectivity index (χ0) is 13.3. The fourth-order valence-electron chi connectivity index (χ4n) is 2.77. The second-order valence-corrected chi connectivity index (χ2v) is 8.41. The van der Waals surface area contributed by atoms with Crippen molar-refractivity contribution in [2.75, 3.05) is 31.6 Å². The van der Waals surface area contributed by atoms with Crippen molar-refractivity contribution in [1.82, 2.24) is 9.80 Å². The number of nitrogens with zero attached hydrogens (tertiary/aromatic N) is 2. The van der Waals surface area contributed by atoms with Gasteiger partial charge in [0.25, 0.3) is 0 Å². The molecule has 2 fully saturated rings. The molecular formula is C13H26N2O2S. The van der Waals surface area contributed by atoms with Crippen molar-refractivity contribution >= 4 is 9.84 Å². The topological polar surface area (TPSA) is 40.6 Å². The van der Waals surface area contributed by atoms with E-state index < -0.39 is 9.84 Å². The van der Waals surface area contributed by atoms with Gasteiger partial charge in [0, 0.05) is 44.0 Å². The molecule has 5 heteroatoms. The summed E-state index contributed by atoms with van der Waals surface area (Å²) < 4.78 is 22.7. The maximum Gasteiger partial charge on any atom is 0.148 e. The summed E-state index contributed by atoms with van der Waals surface area (Å²) in [4.78, 5) is 4.92. The first-order valence-corrected chi connectivity index (χ1v) is 9.10. The average molecular weight is 274 g/mol. The van der Waals surface area contributed by atoms with Crippen LogP contribution in [0.3, 0.4) is 0 Å². The third-order valence-electron chi connectivity index (χ3n) is 4.35. The summed E-state index contributed by atoms with van der Waals surface area (Å²) in [5, 5.41) is 0. The van der Waals surface area contributed by atoms with Gasteiger partial charge in [-0.2, -0.15) is 0 Å². The lowest BCUT2D eigenvalue weighted by Gasteiger charge is -2.51. The largest absolute Gasteiger partial charge is 0.298 e. The van der Waals surface area contributed by atoms with Crippen LogP contribution in [-0.4, -0.2) is 68.0 Å². The first kappa shape index (κ1) is 14.3. The number of rotatable bonds is 6. The van der Waals surface area contributed by atoms with E-state index in [1.807, 2.05) is 0 Å². The van der Waals surface area contributed by atoms with E-state index in [0.717, 1.165) is 19.6 Å². The zero-order valence-electron chi connectivity index (χ0n) is 11.8. The second kappa shape index (κ2) is 5.47. The average Bonchev–Trinajstić information content (AvgIpc) is 2.06. The minimum atomic E-state index is -2.84. The fourth-order valence-corrected chi connectivity index (χ4v) is 3.31. The van der Waals surface area contributed by atoms with Gasteiger partial charge in [-0.15, -0.1) is 0 Å². The van der Waals surface area contributed by atoms with Gasteiger partial charge in [0.1, 0.15) is 9.84 Å². The first-order valence-electron chi connectivity index (χ1n) is 7.04. The molecule has 2 rings (SSSR count). The quantitative estimate of drug-likeness (QED) is 0.724.